The van der Waals surface area contributed by atoms with E-state index >= 15 is 0 Å². The minimum atomic E-state index is -0.792. The Balaban J connectivity index is 1.48. The highest BCUT2D eigenvalue weighted by molar-refractivity contribution is 5.66. The fourth-order valence-corrected chi connectivity index (χ4v) is 3.81. The predicted octanol–water partition coefficient (Wildman–Crippen LogP) is 1.96. The number of carbonyl (C=O) groups is 1. The number of likely N-dealkylation sites (tertiary alicyclic amines) is 1. The molecule has 0 saturated carbocycles. The van der Waals surface area contributed by atoms with E-state index in [9.17, 15) is 4.79 Å². The number of hydrogen-bond acceptors (Lipinski definition) is 2. The van der Waals surface area contributed by atoms with Crippen LogP contribution < -0.4 is 0 Å². The number of nitrogens with zero attached hydrogens (tertiary/aromatic N) is 2. The SMILES string of the molecule is O=C(O)N1CC2=CN(C3Cc4ccccc4C3)CC2C1. The summed E-state index contributed by atoms with van der Waals surface area (Å²) in [6, 6.07) is 9.24. The van der Waals surface area contributed by atoms with Crippen LogP contribution in [0.5, 0.6) is 0 Å². The summed E-state index contributed by atoms with van der Waals surface area (Å²) in [7, 11) is 0. The van der Waals surface area contributed by atoms with Crippen LogP contribution in [0.4, 0.5) is 4.79 Å². The van der Waals surface area contributed by atoms with Gasteiger partial charge in [-0.2, -0.15) is 0 Å². The number of rotatable bonds is 1. The molecule has 1 atom stereocenters. The zero-order valence-electron chi connectivity index (χ0n) is 11.3. The molecule has 104 valence electrons. The van der Waals surface area contributed by atoms with E-state index in [4.69, 9.17) is 5.11 Å². The van der Waals surface area contributed by atoms with Gasteiger partial charge in [0.2, 0.25) is 0 Å². The van der Waals surface area contributed by atoms with Crippen molar-refractivity contribution in [3.05, 3.63) is 47.2 Å². The molecule has 1 aromatic rings. The molecule has 1 saturated heterocycles. The van der Waals surface area contributed by atoms with Gasteiger partial charge in [0.25, 0.3) is 0 Å². The van der Waals surface area contributed by atoms with Crippen molar-refractivity contribution in [3.63, 3.8) is 0 Å². The highest BCUT2D eigenvalue weighted by Crippen LogP contribution is 2.34. The van der Waals surface area contributed by atoms with Crippen LogP contribution in [0.15, 0.2) is 36.0 Å². The summed E-state index contributed by atoms with van der Waals surface area (Å²) in [5.74, 6) is 0.412. The van der Waals surface area contributed by atoms with Crippen LogP contribution in [0, 0.1) is 5.92 Å². The maximum absolute atomic E-state index is 11.0. The van der Waals surface area contributed by atoms with Gasteiger partial charge in [0.1, 0.15) is 0 Å². The van der Waals surface area contributed by atoms with Crippen LogP contribution in [-0.2, 0) is 12.8 Å². The molecule has 3 aliphatic rings. The predicted molar refractivity (Wildman–Crippen MR) is 75.5 cm³/mol. The van der Waals surface area contributed by atoms with Gasteiger partial charge in [-0.1, -0.05) is 24.3 Å². The third-order valence-electron chi connectivity index (χ3n) is 4.87. The molecule has 1 N–H and O–H groups in total. The van der Waals surface area contributed by atoms with Gasteiger partial charge in [0.15, 0.2) is 0 Å². The first-order chi connectivity index (χ1) is 9.70. The lowest BCUT2D eigenvalue weighted by molar-refractivity contribution is 0.152. The second-order valence-electron chi connectivity index (χ2n) is 6.09. The van der Waals surface area contributed by atoms with Gasteiger partial charge in [-0.25, -0.2) is 4.79 Å². The van der Waals surface area contributed by atoms with Gasteiger partial charge in [0.05, 0.1) is 0 Å². The Labute approximate surface area is 118 Å². The van der Waals surface area contributed by atoms with Gasteiger partial charge in [-0.15, -0.1) is 0 Å². The lowest BCUT2D eigenvalue weighted by atomic mass is 10.1. The molecule has 0 radical (unpaired) electrons. The Morgan fingerprint density at radius 3 is 2.45 bits per heavy atom. The van der Waals surface area contributed by atoms with Crippen molar-refractivity contribution in [2.45, 2.75) is 18.9 Å². The van der Waals surface area contributed by atoms with Crippen molar-refractivity contribution in [2.24, 2.45) is 5.92 Å². The van der Waals surface area contributed by atoms with E-state index in [0.717, 1.165) is 19.4 Å². The van der Waals surface area contributed by atoms with Gasteiger partial charge < -0.3 is 14.9 Å². The lowest BCUT2D eigenvalue weighted by Gasteiger charge is -2.25. The highest BCUT2D eigenvalue weighted by Gasteiger charge is 2.38. The van der Waals surface area contributed by atoms with Crippen LogP contribution in [-0.4, -0.2) is 46.7 Å². The molecule has 4 nitrogen and oxygen atoms in total. The second kappa shape index (κ2) is 4.27. The standard InChI is InChI=1S/C16H18N2O2/c19-16(20)18-9-13-7-17(8-14(13)10-18)15-5-11-3-1-2-4-12(11)6-15/h1-4,7,14-15H,5-6,8-10H2,(H,19,20). The Morgan fingerprint density at radius 2 is 1.85 bits per heavy atom. The highest BCUT2D eigenvalue weighted by atomic mass is 16.4. The Bertz CT molecular complexity index is 571. The first-order valence-electron chi connectivity index (χ1n) is 7.21. The molecule has 0 spiro atoms. The smallest absolute Gasteiger partial charge is 0.407 e. The molecule has 1 aliphatic carbocycles. The third-order valence-corrected chi connectivity index (χ3v) is 4.87. The van der Waals surface area contributed by atoms with Crippen molar-refractivity contribution in [1.29, 1.82) is 0 Å². The fourth-order valence-electron chi connectivity index (χ4n) is 3.81. The molecule has 4 rings (SSSR count). The molecule has 1 amide bonds. The average Bonchev–Trinajstić information content (AvgIpc) is 3.09. The van der Waals surface area contributed by atoms with E-state index in [-0.39, 0.29) is 0 Å². The minimum absolute atomic E-state index is 0.412. The number of benzene rings is 1. The van der Waals surface area contributed by atoms with E-state index in [1.54, 1.807) is 0 Å². The number of carboxylic acid groups (broad SMARTS) is 1. The van der Waals surface area contributed by atoms with E-state index in [1.807, 2.05) is 0 Å². The summed E-state index contributed by atoms with van der Waals surface area (Å²) in [5, 5.41) is 9.05. The van der Waals surface area contributed by atoms with E-state index in [0.29, 0.717) is 25.0 Å². The molecule has 4 heteroatoms. The van der Waals surface area contributed by atoms with Crippen molar-refractivity contribution in [3.8, 4) is 0 Å². The summed E-state index contributed by atoms with van der Waals surface area (Å²) in [6.07, 6.45) is 3.68. The monoisotopic (exact) mass is 270 g/mol. The third kappa shape index (κ3) is 1.79. The molecule has 1 aromatic carbocycles. The molecular formula is C16H18N2O2. The van der Waals surface area contributed by atoms with Gasteiger partial charge >= 0.3 is 6.09 Å². The normalized spacial score (nSPS) is 24.8. The van der Waals surface area contributed by atoms with Crippen molar-refractivity contribution >= 4 is 6.09 Å². The van der Waals surface area contributed by atoms with Crippen molar-refractivity contribution in [2.75, 3.05) is 19.6 Å². The zero-order chi connectivity index (χ0) is 13.7. The Hall–Kier alpha value is -1.97. The Morgan fingerprint density at radius 1 is 1.15 bits per heavy atom. The number of amides is 1. The molecule has 0 aromatic heterocycles. The largest absolute Gasteiger partial charge is 0.465 e. The van der Waals surface area contributed by atoms with Gasteiger partial charge in [0, 0.05) is 37.8 Å². The number of hydrogen-bond donors (Lipinski definition) is 1. The molecule has 2 heterocycles. The minimum Gasteiger partial charge on any atom is -0.465 e. The molecule has 1 unspecified atom stereocenters. The van der Waals surface area contributed by atoms with E-state index < -0.39 is 6.09 Å². The summed E-state index contributed by atoms with van der Waals surface area (Å²) in [6.45, 7) is 2.24. The first kappa shape index (κ1) is 11.8. The Kier molecular flexibility index (Phi) is 2.52. The summed E-state index contributed by atoms with van der Waals surface area (Å²) in [4.78, 5) is 15.0. The van der Waals surface area contributed by atoms with Crippen LogP contribution in [0.25, 0.3) is 0 Å². The zero-order valence-corrected chi connectivity index (χ0v) is 11.3. The second-order valence-corrected chi connectivity index (χ2v) is 6.09. The van der Waals surface area contributed by atoms with Crippen LogP contribution in [0.2, 0.25) is 0 Å². The fraction of sp³-hybridized carbons (Fsp3) is 0.438. The van der Waals surface area contributed by atoms with Crippen LogP contribution in [0.1, 0.15) is 11.1 Å². The van der Waals surface area contributed by atoms with Gasteiger partial charge in [-0.3, -0.25) is 0 Å². The summed E-state index contributed by atoms with van der Waals surface area (Å²) >= 11 is 0. The number of fused-ring (bicyclic) bond motifs is 2. The maximum Gasteiger partial charge on any atom is 0.407 e. The van der Waals surface area contributed by atoms with Crippen LogP contribution >= 0.6 is 0 Å². The van der Waals surface area contributed by atoms with Gasteiger partial charge in [-0.05, 0) is 29.5 Å². The topological polar surface area (TPSA) is 43.8 Å². The summed E-state index contributed by atoms with van der Waals surface area (Å²) < 4.78 is 0. The average molecular weight is 270 g/mol. The first-order valence-corrected chi connectivity index (χ1v) is 7.21. The molecule has 0 bridgehead atoms. The molecule has 1 fully saturated rings. The maximum atomic E-state index is 11.0. The van der Waals surface area contributed by atoms with E-state index in [1.165, 1.54) is 21.6 Å². The van der Waals surface area contributed by atoms with E-state index in [2.05, 4.69) is 35.4 Å². The van der Waals surface area contributed by atoms with Crippen molar-refractivity contribution < 1.29 is 9.90 Å². The van der Waals surface area contributed by atoms with Crippen molar-refractivity contribution in [1.82, 2.24) is 9.80 Å². The summed E-state index contributed by atoms with van der Waals surface area (Å²) in [5.41, 5.74) is 4.24. The molecule has 20 heavy (non-hydrogen) atoms. The molecule has 2 aliphatic heterocycles. The quantitative estimate of drug-likeness (QED) is 0.848. The van der Waals surface area contributed by atoms with Crippen LogP contribution in [0.3, 0.4) is 0 Å². The lowest BCUT2D eigenvalue weighted by Crippen LogP contribution is -2.34. The molecular weight excluding hydrogens is 252 g/mol.